The molecule has 3 aromatic rings. The number of hydrogen-bond acceptors (Lipinski definition) is 7. The summed E-state index contributed by atoms with van der Waals surface area (Å²) in [7, 11) is 1.82. The third-order valence-corrected chi connectivity index (χ3v) is 6.19. The molecule has 0 unspecified atom stereocenters. The quantitative estimate of drug-likeness (QED) is 0.730. The van der Waals surface area contributed by atoms with Gasteiger partial charge < -0.3 is 15.8 Å². The molecule has 0 bridgehead atoms. The van der Waals surface area contributed by atoms with Crippen LogP contribution in [-0.2, 0) is 12.8 Å². The molecule has 6 nitrogen and oxygen atoms in total. The number of thiophene rings is 1. The zero-order valence-electron chi connectivity index (χ0n) is 13.8. The van der Waals surface area contributed by atoms with E-state index >= 15 is 0 Å². The molecule has 1 aliphatic rings. The van der Waals surface area contributed by atoms with E-state index in [1.54, 1.807) is 0 Å². The molecule has 4 rings (SSSR count). The summed E-state index contributed by atoms with van der Waals surface area (Å²) in [5.74, 6) is 1.03. The Hall–Kier alpha value is -2.45. The first kappa shape index (κ1) is 16.0. The van der Waals surface area contributed by atoms with Crippen LogP contribution in [0.4, 0.5) is 5.82 Å². The molecular weight excluding hydrogens is 356 g/mol. The zero-order chi connectivity index (χ0) is 17.6. The standard InChI is InChI=1S/C17H16N4O2S2/c1-8-11(5-6-12(19-2)21-8)23-17-13-10(15(24-17)16(18)22)4-3-9-7-20-25-14(9)13/h5-7H,3-4H2,1-2H3,(H2,18,22)(H,19,21). The lowest BCUT2D eigenvalue weighted by Crippen LogP contribution is -2.12. The second-order valence-electron chi connectivity index (χ2n) is 5.75. The van der Waals surface area contributed by atoms with Gasteiger partial charge in [-0.15, -0.1) is 0 Å². The molecule has 128 valence electrons. The van der Waals surface area contributed by atoms with E-state index in [2.05, 4.69) is 14.7 Å². The van der Waals surface area contributed by atoms with Crippen LogP contribution < -0.4 is 15.8 Å². The van der Waals surface area contributed by atoms with Crippen molar-refractivity contribution in [1.29, 1.82) is 0 Å². The number of pyridine rings is 1. The van der Waals surface area contributed by atoms with Gasteiger partial charge in [0.1, 0.15) is 11.6 Å². The molecule has 1 aliphatic carbocycles. The number of aryl methyl sites for hydroxylation is 2. The van der Waals surface area contributed by atoms with Gasteiger partial charge in [-0.25, -0.2) is 9.36 Å². The summed E-state index contributed by atoms with van der Waals surface area (Å²) in [5, 5.41) is 3.68. The minimum Gasteiger partial charge on any atom is -0.444 e. The number of nitrogens with zero attached hydrogens (tertiary/aromatic N) is 2. The number of ether oxygens (including phenoxy) is 1. The average Bonchev–Trinajstić information content (AvgIpc) is 3.20. The molecule has 3 heterocycles. The molecule has 3 N–H and O–H groups in total. The van der Waals surface area contributed by atoms with Crippen molar-refractivity contribution in [1.82, 2.24) is 9.36 Å². The van der Waals surface area contributed by atoms with Crippen molar-refractivity contribution in [3.05, 3.63) is 40.0 Å². The molecule has 0 aromatic carbocycles. The van der Waals surface area contributed by atoms with Crippen LogP contribution in [0.2, 0.25) is 0 Å². The van der Waals surface area contributed by atoms with Gasteiger partial charge in [0.2, 0.25) is 0 Å². The number of fused-ring (bicyclic) bond motifs is 3. The molecule has 0 radical (unpaired) electrons. The number of nitrogens with one attached hydrogen (secondary N) is 1. The lowest BCUT2D eigenvalue weighted by Gasteiger charge is -2.14. The Kier molecular flexibility index (Phi) is 3.93. The second kappa shape index (κ2) is 6.12. The highest BCUT2D eigenvalue weighted by Crippen LogP contribution is 2.50. The van der Waals surface area contributed by atoms with Crippen LogP contribution in [0.5, 0.6) is 10.8 Å². The van der Waals surface area contributed by atoms with Crippen molar-refractivity contribution >= 4 is 34.6 Å². The third kappa shape index (κ3) is 2.67. The molecule has 0 saturated heterocycles. The fraction of sp³-hybridized carbons (Fsp3) is 0.235. The second-order valence-corrected chi connectivity index (χ2v) is 7.53. The van der Waals surface area contributed by atoms with Gasteiger partial charge in [0.15, 0.2) is 5.06 Å². The van der Waals surface area contributed by atoms with Gasteiger partial charge in [0.05, 0.1) is 21.0 Å². The van der Waals surface area contributed by atoms with Crippen LogP contribution in [0.25, 0.3) is 10.4 Å². The van der Waals surface area contributed by atoms with E-state index in [-0.39, 0.29) is 0 Å². The normalized spacial score (nSPS) is 12.4. The predicted molar refractivity (Wildman–Crippen MR) is 99.9 cm³/mol. The summed E-state index contributed by atoms with van der Waals surface area (Å²) in [4.78, 5) is 18.0. The first-order valence-corrected chi connectivity index (χ1v) is 9.40. The lowest BCUT2D eigenvalue weighted by atomic mass is 9.93. The number of anilines is 1. The van der Waals surface area contributed by atoms with Gasteiger partial charge in [0.25, 0.3) is 5.91 Å². The van der Waals surface area contributed by atoms with Crippen LogP contribution in [0.3, 0.4) is 0 Å². The van der Waals surface area contributed by atoms with Crippen LogP contribution in [0.15, 0.2) is 18.3 Å². The van der Waals surface area contributed by atoms with Gasteiger partial charge in [0, 0.05) is 13.2 Å². The Balaban J connectivity index is 1.82. The predicted octanol–water partition coefficient (Wildman–Crippen LogP) is 3.61. The maximum atomic E-state index is 11.9. The summed E-state index contributed by atoms with van der Waals surface area (Å²) in [6.07, 6.45) is 3.53. The third-order valence-electron chi connectivity index (χ3n) is 4.21. The van der Waals surface area contributed by atoms with Crippen LogP contribution in [0.1, 0.15) is 26.5 Å². The number of aromatic nitrogens is 2. The van der Waals surface area contributed by atoms with E-state index in [0.29, 0.717) is 15.7 Å². The van der Waals surface area contributed by atoms with E-state index in [4.69, 9.17) is 10.5 Å². The number of primary amides is 1. The van der Waals surface area contributed by atoms with E-state index in [1.807, 2.05) is 32.3 Å². The van der Waals surface area contributed by atoms with Crippen LogP contribution in [0, 0.1) is 6.92 Å². The molecule has 0 atom stereocenters. The summed E-state index contributed by atoms with van der Waals surface area (Å²) < 4.78 is 10.5. The minimum atomic E-state index is -0.413. The Labute approximate surface area is 152 Å². The molecule has 0 aliphatic heterocycles. The number of rotatable bonds is 4. The summed E-state index contributed by atoms with van der Waals surface area (Å²) in [6, 6.07) is 3.73. The molecule has 0 saturated carbocycles. The highest BCUT2D eigenvalue weighted by atomic mass is 32.1. The summed E-state index contributed by atoms with van der Waals surface area (Å²) >= 11 is 2.73. The maximum Gasteiger partial charge on any atom is 0.259 e. The lowest BCUT2D eigenvalue weighted by molar-refractivity contribution is 0.100. The molecular formula is C17H16N4O2S2. The van der Waals surface area contributed by atoms with Gasteiger partial charge in [-0.3, -0.25) is 4.79 Å². The Bertz CT molecular complexity index is 977. The summed E-state index contributed by atoms with van der Waals surface area (Å²) in [6.45, 7) is 1.89. The first-order valence-electron chi connectivity index (χ1n) is 7.81. The van der Waals surface area contributed by atoms with Gasteiger partial charge in [-0.05, 0) is 54.6 Å². The topological polar surface area (TPSA) is 90.1 Å². The molecule has 8 heteroatoms. The minimum absolute atomic E-state index is 0.413. The van der Waals surface area contributed by atoms with Gasteiger partial charge in [-0.1, -0.05) is 11.3 Å². The van der Waals surface area contributed by atoms with Gasteiger partial charge >= 0.3 is 0 Å². The number of carbonyl (C=O) groups excluding carboxylic acids is 1. The van der Waals surface area contributed by atoms with E-state index in [0.717, 1.165) is 40.4 Å². The highest BCUT2D eigenvalue weighted by molar-refractivity contribution is 7.17. The number of amides is 1. The molecule has 1 amide bonds. The number of carbonyl (C=O) groups is 1. The van der Waals surface area contributed by atoms with Crippen molar-refractivity contribution in [3.8, 4) is 21.3 Å². The molecule has 25 heavy (non-hydrogen) atoms. The molecule has 3 aromatic heterocycles. The smallest absolute Gasteiger partial charge is 0.259 e. The maximum absolute atomic E-state index is 11.9. The van der Waals surface area contributed by atoms with Crippen molar-refractivity contribution in [2.75, 3.05) is 12.4 Å². The van der Waals surface area contributed by atoms with Crippen LogP contribution in [-0.4, -0.2) is 22.3 Å². The van der Waals surface area contributed by atoms with Crippen molar-refractivity contribution in [3.63, 3.8) is 0 Å². The highest BCUT2D eigenvalue weighted by Gasteiger charge is 2.30. The summed E-state index contributed by atoms with van der Waals surface area (Å²) in [5.41, 5.74) is 9.49. The number of nitrogens with two attached hydrogens (primary N) is 1. The van der Waals surface area contributed by atoms with E-state index < -0.39 is 5.91 Å². The van der Waals surface area contributed by atoms with E-state index in [9.17, 15) is 4.79 Å². The van der Waals surface area contributed by atoms with Crippen molar-refractivity contribution in [2.45, 2.75) is 19.8 Å². The first-order chi connectivity index (χ1) is 12.1. The molecule has 0 fully saturated rings. The van der Waals surface area contributed by atoms with E-state index in [1.165, 1.54) is 28.4 Å². The largest absolute Gasteiger partial charge is 0.444 e. The van der Waals surface area contributed by atoms with Crippen LogP contribution >= 0.6 is 22.9 Å². The average molecular weight is 372 g/mol. The fourth-order valence-electron chi connectivity index (χ4n) is 2.98. The number of hydrogen-bond donors (Lipinski definition) is 2. The van der Waals surface area contributed by atoms with Crippen molar-refractivity contribution in [2.24, 2.45) is 5.73 Å². The fourth-order valence-corrected chi connectivity index (χ4v) is 4.98. The molecule has 0 spiro atoms. The van der Waals surface area contributed by atoms with Crippen molar-refractivity contribution < 1.29 is 9.53 Å². The van der Waals surface area contributed by atoms with Gasteiger partial charge in [-0.2, -0.15) is 0 Å². The Morgan fingerprint density at radius 2 is 2.20 bits per heavy atom. The Morgan fingerprint density at radius 1 is 1.36 bits per heavy atom. The Morgan fingerprint density at radius 3 is 2.92 bits per heavy atom. The monoisotopic (exact) mass is 372 g/mol. The zero-order valence-corrected chi connectivity index (χ0v) is 15.4. The SMILES string of the molecule is CNc1ccc(Oc2sc(C(N)=O)c3c2-c2sncc2CC3)c(C)n1.